The van der Waals surface area contributed by atoms with Crippen molar-refractivity contribution in [3.05, 3.63) is 78.1 Å². The fraction of sp³-hybridized carbons (Fsp3) is 0.211. The Balaban J connectivity index is 2.20. The molecule has 0 aromatic heterocycles. The zero-order chi connectivity index (χ0) is 19.2. The minimum atomic E-state index is -1.71. The molecule has 0 heterocycles. The molecule has 1 unspecified atom stereocenters. The normalized spacial score (nSPS) is 13.0. The molecular formula is C19H20Cl3N3O. The average Bonchev–Trinajstić information content (AvgIpc) is 2.59. The highest BCUT2D eigenvalue weighted by molar-refractivity contribution is 6.68. The van der Waals surface area contributed by atoms with E-state index in [1.807, 2.05) is 61.5 Å². The van der Waals surface area contributed by atoms with Crippen molar-refractivity contribution in [2.45, 2.75) is 16.9 Å². The summed E-state index contributed by atoms with van der Waals surface area (Å²) in [6.07, 6.45) is -0.910. The summed E-state index contributed by atoms with van der Waals surface area (Å²) in [7, 11) is 1.52. The van der Waals surface area contributed by atoms with Crippen LogP contribution in [0.15, 0.2) is 72.0 Å². The third-order valence-corrected chi connectivity index (χ3v) is 4.05. The number of methoxy groups -OCH3 is 1. The Morgan fingerprint density at radius 2 is 1.69 bits per heavy atom. The van der Waals surface area contributed by atoms with Crippen LogP contribution in [0.4, 0.5) is 5.69 Å². The van der Waals surface area contributed by atoms with Crippen LogP contribution in [0.5, 0.6) is 0 Å². The number of hydrogen-bond acceptors (Lipinski definition) is 4. The van der Waals surface area contributed by atoms with Gasteiger partial charge in [-0.3, -0.25) is 0 Å². The Morgan fingerprint density at radius 1 is 1.08 bits per heavy atom. The number of halogens is 3. The molecule has 2 N–H and O–H groups in total. The van der Waals surface area contributed by atoms with E-state index in [0.717, 1.165) is 16.8 Å². The van der Waals surface area contributed by atoms with Gasteiger partial charge in [-0.1, -0.05) is 77.3 Å². The fourth-order valence-corrected chi connectivity index (χ4v) is 2.45. The van der Waals surface area contributed by atoms with Gasteiger partial charge in [0.25, 0.3) is 0 Å². The van der Waals surface area contributed by atoms with Gasteiger partial charge in [0.15, 0.2) is 6.17 Å². The van der Waals surface area contributed by atoms with Crippen molar-refractivity contribution in [2.24, 2.45) is 4.99 Å². The van der Waals surface area contributed by atoms with Crippen LogP contribution in [0.3, 0.4) is 0 Å². The number of nitrogens with one attached hydrogen (secondary N) is 2. The highest BCUT2D eigenvalue weighted by Gasteiger charge is 2.33. The molecule has 0 bridgehead atoms. The molecule has 2 aromatic rings. The quantitative estimate of drug-likeness (QED) is 0.386. The lowest BCUT2D eigenvalue weighted by Crippen LogP contribution is -2.40. The molecule has 0 fully saturated rings. The fourth-order valence-electron chi connectivity index (χ4n) is 2.14. The van der Waals surface area contributed by atoms with E-state index < -0.39 is 9.96 Å². The van der Waals surface area contributed by atoms with E-state index in [0.29, 0.717) is 11.7 Å². The maximum Gasteiger partial charge on any atom is 0.230 e. The highest BCUT2D eigenvalue weighted by atomic mass is 35.6. The molecular weight excluding hydrogens is 393 g/mol. The van der Waals surface area contributed by atoms with Crippen molar-refractivity contribution in [1.29, 1.82) is 0 Å². The molecule has 0 aliphatic rings. The molecule has 138 valence electrons. The van der Waals surface area contributed by atoms with Crippen molar-refractivity contribution in [1.82, 2.24) is 5.32 Å². The summed E-state index contributed by atoms with van der Waals surface area (Å²) in [5.41, 5.74) is 2.75. The summed E-state index contributed by atoms with van der Waals surface area (Å²) < 4.78 is 3.67. The molecule has 0 aliphatic heterocycles. The van der Waals surface area contributed by atoms with Crippen LogP contribution < -0.4 is 10.6 Å². The first-order valence-electron chi connectivity index (χ1n) is 7.82. The SMILES string of the molecule is C=C(Nc1ccccc1)NC(N=C(OC)c1ccc(C)cc1)C(Cl)(Cl)Cl. The van der Waals surface area contributed by atoms with Gasteiger partial charge in [-0.2, -0.15) is 0 Å². The van der Waals surface area contributed by atoms with E-state index in [2.05, 4.69) is 22.2 Å². The molecule has 1 atom stereocenters. The number of anilines is 1. The minimum absolute atomic E-state index is 0.348. The third kappa shape index (κ3) is 6.13. The lowest BCUT2D eigenvalue weighted by molar-refractivity contribution is 0.396. The lowest BCUT2D eigenvalue weighted by Gasteiger charge is -2.25. The topological polar surface area (TPSA) is 45.7 Å². The first kappa shape index (κ1) is 20.4. The summed E-state index contributed by atoms with van der Waals surface area (Å²) in [4.78, 5) is 4.43. The lowest BCUT2D eigenvalue weighted by atomic mass is 10.1. The van der Waals surface area contributed by atoms with E-state index in [9.17, 15) is 0 Å². The van der Waals surface area contributed by atoms with Crippen LogP contribution in [0.2, 0.25) is 0 Å². The largest absolute Gasteiger partial charge is 0.481 e. The first-order valence-corrected chi connectivity index (χ1v) is 8.96. The van der Waals surface area contributed by atoms with Crippen LogP contribution in [0, 0.1) is 6.92 Å². The molecule has 4 nitrogen and oxygen atoms in total. The van der Waals surface area contributed by atoms with Gasteiger partial charge in [-0.25, -0.2) is 4.99 Å². The van der Waals surface area contributed by atoms with Gasteiger partial charge in [0.05, 0.1) is 12.9 Å². The predicted octanol–water partition coefficient (Wildman–Crippen LogP) is 5.26. The van der Waals surface area contributed by atoms with Gasteiger partial charge in [0.2, 0.25) is 9.69 Å². The zero-order valence-electron chi connectivity index (χ0n) is 14.5. The minimum Gasteiger partial charge on any atom is -0.481 e. The Morgan fingerprint density at radius 3 is 2.23 bits per heavy atom. The molecule has 0 spiro atoms. The number of alkyl halides is 3. The number of aliphatic imine (C=N–C) groups is 1. The van der Waals surface area contributed by atoms with Gasteiger partial charge in [-0.05, 0) is 31.2 Å². The van der Waals surface area contributed by atoms with Crippen LogP contribution >= 0.6 is 34.8 Å². The summed E-state index contributed by atoms with van der Waals surface area (Å²) in [5.74, 6) is 0.789. The second kappa shape index (κ2) is 9.17. The molecule has 0 saturated carbocycles. The number of para-hydroxylation sites is 1. The van der Waals surface area contributed by atoms with Gasteiger partial charge < -0.3 is 15.4 Å². The second-order valence-electron chi connectivity index (χ2n) is 5.56. The molecule has 26 heavy (non-hydrogen) atoms. The van der Waals surface area contributed by atoms with Gasteiger partial charge in [0.1, 0.15) is 0 Å². The average molecular weight is 413 g/mol. The monoisotopic (exact) mass is 411 g/mol. The van der Waals surface area contributed by atoms with Crippen LogP contribution in [0.1, 0.15) is 11.1 Å². The van der Waals surface area contributed by atoms with Crippen molar-refractivity contribution in [3.8, 4) is 0 Å². The second-order valence-corrected chi connectivity index (χ2v) is 7.93. The summed E-state index contributed by atoms with van der Waals surface area (Å²) >= 11 is 18.3. The Hall–Kier alpha value is -1.88. The third-order valence-electron chi connectivity index (χ3n) is 3.43. The van der Waals surface area contributed by atoms with E-state index in [-0.39, 0.29) is 0 Å². The maximum absolute atomic E-state index is 6.10. The van der Waals surface area contributed by atoms with Gasteiger partial charge in [-0.15, -0.1) is 0 Å². The Kier molecular flexibility index (Phi) is 7.21. The number of rotatable bonds is 6. The van der Waals surface area contributed by atoms with E-state index in [1.54, 1.807) is 0 Å². The number of aryl methyl sites for hydroxylation is 1. The van der Waals surface area contributed by atoms with Crippen LogP contribution in [-0.2, 0) is 4.74 Å². The van der Waals surface area contributed by atoms with Gasteiger partial charge >= 0.3 is 0 Å². The van der Waals surface area contributed by atoms with Gasteiger partial charge in [0, 0.05) is 11.3 Å². The summed E-state index contributed by atoms with van der Waals surface area (Å²) in [5, 5.41) is 6.07. The number of ether oxygens (including phenoxy) is 1. The summed E-state index contributed by atoms with van der Waals surface area (Å²) in [6.45, 7) is 5.91. The Labute approximate surface area is 168 Å². The molecule has 0 saturated heterocycles. The zero-order valence-corrected chi connectivity index (χ0v) is 16.7. The van der Waals surface area contributed by atoms with Crippen molar-refractivity contribution in [2.75, 3.05) is 12.4 Å². The molecule has 7 heteroatoms. The summed E-state index contributed by atoms with van der Waals surface area (Å²) in [6, 6.07) is 17.2. The number of benzene rings is 2. The smallest absolute Gasteiger partial charge is 0.230 e. The molecule has 0 amide bonds. The van der Waals surface area contributed by atoms with Crippen LogP contribution in [-0.4, -0.2) is 23.0 Å². The molecule has 0 aliphatic carbocycles. The maximum atomic E-state index is 6.10. The predicted molar refractivity (Wildman–Crippen MR) is 111 cm³/mol. The van der Waals surface area contributed by atoms with E-state index in [4.69, 9.17) is 39.5 Å². The highest BCUT2D eigenvalue weighted by Crippen LogP contribution is 2.32. The van der Waals surface area contributed by atoms with Crippen molar-refractivity contribution in [3.63, 3.8) is 0 Å². The molecule has 2 rings (SSSR count). The van der Waals surface area contributed by atoms with Crippen molar-refractivity contribution >= 4 is 46.4 Å². The first-order chi connectivity index (χ1) is 12.3. The Bertz CT molecular complexity index is 756. The number of nitrogens with zero attached hydrogens (tertiary/aromatic N) is 1. The van der Waals surface area contributed by atoms with E-state index >= 15 is 0 Å². The number of hydrogen-bond donors (Lipinski definition) is 2. The van der Waals surface area contributed by atoms with Crippen LogP contribution in [0.25, 0.3) is 0 Å². The van der Waals surface area contributed by atoms with Crippen molar-refractivity contribution < 1.29 is 4.74 Å². The molecule has 2 aromatic carbocycles. The standard InChI is InChI=1S/C19H20Cl3N3O/c1-13-9-11-15(12-10-13)17(26-3)25-18(19(20,21)22)24-14(2)23-16-7-5-4-6-8-16/h4-12,18,23-24H,2H2,1,3H3. The van der Waals surface area contributed by atoms with E-state index in [1.165, 1.54) is 7.11 Å². The molecule has 0 radical (unpaired) electrons.